The van der Waals surface area contributed by atoms with Crippen molar-refractivity contribution >= 4 is 17.7 Å². The Labute approximate surface area is 65.4 Å². The maximum atomic E-state index is 10.3. The number of rotatable bonds is 2. The van der Waals surface area contributed by atoms with Gasteiger partial charge < -0.3 is 10.2 Å². The van der Waals surface area contributed by atoms with E-state index in [2.05, 4.69) is 15.0 Å². The largest absolute Gasteiger partial charge is 0.477 e. The average molecular weight is 173 g/mol. The average Bonchev–Trinajstić information content (AvgIpc) is 2.04. The summed E-state index contributed by atoms with van der Waals surface area (Å²) < 4.78 is 0. The SMILES string of the molecule is O=C(O)C1=COON=C1C(=O)O. The third-order valence-corrected chi connectivity index (χ3v) is 1.03. The maximum Gasteiger partial charge on any atom is 0.359 e. The number of nitrogens with zero attached hydrogens (tertiary/aromatic N) is 1. The standard InChI is InChI=1S/C5H3NO6/c7-4(8)2-1-11-12-6-3(2)5(9)10/h1H,(H,7,8)(H,9,10). The molecule has 1 aliphatic heterocycles. The van der Waals surface area contributed by atoms with E-state index in [0.717, 1.165) is 0 Å². The molecule has 0 amide bonds. The topological polar surface area (TPSA) is 105 Å². The van der Waals surface area contributed by atoms with Crippen LogP contribution in [0.3, 0.4) is 0 Å². The number of carboxylic acids is 2. The molecule has 1 aliphatic rings. The lowest BCUT2D eigenvalue weighted by Crippen LogP contribution is -2.24. The van der Waals surface area contributed by atoms with E-state index in [9.17, 15) is 9.59 Å². The van der Waals surface area contributed by atoms with Gasteiger partial charge in [0.15, 0.2) is 6.26 Å². The van der Waals surface area contributed by atoms with Crippen LogP contribution in [-0.4, -0.2) is 27.9 Å². The summed E-state index contributed by atoms with van der Waals surface area (Å²) in [6, 6.07) is 0. The van der Waals surface area contributed by atoms with Crippen LogP contribution in [0.15, 0.2) is 17.0 Å². The normalized spacial score (nSPS) is 15.0. The number of carbonyl (C=O) groups is 2. The first-order valence-corrected chi connectivity index (χ1v) is 2.70. The lowest BCUT2D eigenvalue weighted by atomic mass is 10.2. The van der Waals surface area contributed by atoms with E-state index in [-0.39, 0.29) is 0 Å². The van der Waals surface area contributed by atoms with Crippen LogP contribution >= 0.6 is 0 Å². The van der Waals surface area contributed by atoms with Crippen molar-refractivity contribution < 1.29 is 29.7 Å². The van der Waals surface area contributed by atoms with Gasteiger partial charge in [0.2, 0.25) is 5.71 Å². The van der Waals surface area contributed by atoms with Crippen molar-refractivity contribution in [1.29, 1.82) is 0 Å². The fourth-order valence-corrected chi connectivity index (χ4v) is 0.539. The van der Waals surface area contributed by atoms with Crippen molar-refractivity contribution in [3.63, 3.8) is 0 Å². The van der Waals surface area contributed by atoms with Crippen LogP contribution in [0.4, 0.5) is 0 Å². The summed E-state index contributed by atoms with van der Waals surface area (Å²) in [4.78, 5) is 28.5. The van der Waals surface area contributed by atoms with Gasteiger partial charge in [0.05, 0.1) is 0 Å². The molecule has 0 saturated carbocycles. The molecule has 0 aromatic rings. The predicted molar refractivity (Wildman–Crippen MR) is 33.0 cm³/mol. The molecular formula is C5H3NO6. The van der Waals surface area contributed by atoms with Gasteiger partial charge in [-0.3, -0.25) is 4.89 Å². The summed E-state index contributed by atoms with van der Waals surface area (Å²) in [5, 5.41) is 19.7. The van der Waals surface area contributed by atoms with E-state index in [0.29, 0.717) is 6.26 Å². The van der Waals surface area contributed by atoms with E-state index >= 15 is 0 Å². The molecule has 0 unspecified atom stereocenters. The summed E-state index contributed by atoms with van der Waals surface area (Å²) in [5.41, 5.74) is -1.26. The smallest absolute Gasteiger partial charge is 0.359 e. The van der Waals surface area contributed by atoms with Gasteiger partial charge in [-0.25, -0.2) is 9.59 Å². The molecule has 2 N–H and O–H groups in total. The van der Waals surface area contributed by atoms with Crippen molar-refractivity contribution in [3.05, 3.63) is 11.8 Å². The molecule has 12 heavy (non-hydrogen) atoms. The highest BCUT2D eigenvalue weighted by atomic mass is 17.3. The van der Waals surface area contributed by atoms with E-state index < -0.39 is 23.2 Å². The van der Waals surface area contributed by atoms with E-state index in [4.69, 9.17) is 10.2 Å². The molecule has 1 rings (SSSR count). The molecule has 0 saturated heterocycles. The molecule has 0 spiro atoms. The Morgan fingerprint density at radius 2 is 2.00 bits per heavy atom. The first-order valence-electron chi connectivity index (χ1n) is 2.70. The Balaban J connectivity index is 2.98. The van der Waals surface area contributed by atoms with Crippen LogP contribution < -0.4 is 0 Å². The van der Waals surface area contributed by atoms with Gasteiger partial charge in [0.25, 0.3) is 0 Å². The zero-order valence-corrected chi connectivity index (χ0v) is 5.55. The molecule has 0 fully saturated rings. The molecule has 7 nitrogen and oxygen atoms in total. The van der Waals surface area contributed by atoms with Crippen LogP contribution in [0.1, 0.15) is 0 Å². The van der Waals surface area contributed by atoms with Gasteiger partial charge >= 0.3 is 11.9 Å². The van der Waals surface area contributed by atoms with Gasteiger partial charge in [0, 0.05) is 0 Å². The van der Waals surface area contributed by atoms with Gasteiger partial charge in [-0.15, -0.1) is 0 Å². The Kier molecular flexibility index (Phi) is 1.95. The summed E-state index contributed by atoms with van der Waals surface area (Å²) in [7, 11) is 0. The monoisotopic (exact) mass is 173 g/mol. The summed E-state index contributed by atoms with van der Waals surface area (Å²) in [6.07, 6.45) is 0.652. The Morgan fingerprint density at radius 1 is 1.33 bits per heavy atom. The first kappa shape index (κ1) is 8.05. The summed E-state index contributed by atoms with van der Waals surface area (Å²) in [6.45, 7) is 0. The van der Waals surface area contributed by atoms with Crippen LogP contribution in [-0.2, 0) is 19.5 Å². The van der Waals surface area contributed by atoms with Crippen molar-refractivity contribution in [2.75, 3.05) is 0 Å². The molecule has 64 valence electrons. The highest BCUT2D eigenvalue weighted by Gasteiger charge is 2.26. The van der Waals surface area contributed by atoms with Crippen LogP contribution in [0.5, 0.6) is 0 Å². The number of hydrogen-bond acceptors (Lipinski definition) is 5. The zero-order chi connectivity index (χ0) is 9.14. The summed E-state index contributed by atoms with van der Waals surface area (Å²) >= 11 is 0. The predicted octanol–water partition coefficient (Wildman–Crippen LogP) is -0.643. The molecule has 0 radical (unpaired) electrons. The minimum atomic E-state index is -1.49. The number of aliphatic carboxylic acids is 2. The molecule has 0 atom stereocenters. The first-order chi connectivity index (χ1) is 5.63. The maximum absolute atomic E-state index is 10.3. The second-order valence-corrected chi connectivity index (χ2v) is 1.75. The number of oxime groups is 1. The molecule has 1 heterocycles. The Bertz CT molecular complexity index is 260. The van der Waals surface area contributed by atoms with Gasteiger partial charge in [0.1, 0.15) is 5.57 Å². The van der Waals surface area contributed by atoms with Crippen molar-refractivity contribution in [2.45, 2.75) is 0 Å². The number of carboxylic acid groups (broad SMARTS) is 2. The minimum absolute atomic E-state index is 0.561. The highest BCUT2D eigenvalue weighted by molar-refractivity contribution is 6.48. The zero-order valence-electron chi connectivity index (χ0n) is 5.55. The van der Waals surface area contributed by atoms with Crippen molar-refractivity contribution in [2.24, 2.45) is 5.16 Å². The lowest BCUT2D eigenvalue weighted by molar-refractivity contribution is -0.253. The quantitative estimate of drug-likeness (QED) is 0.538. The molecule has 0 aliphatic carbocycles. The molecule has 0 bridgehead atoms. The van der Waals surface area contributed by atoms with Crippen LogP contribution in [0, 0.1) is 0 Å². The molecular weight excluding hydrogens is 170 g/mol. The molecule has 7 heteroatoms. The summed E-state index contributed by atoms with van der Waals surface area (Å²) in [5.74, 6) is -2.94. The van der Waals surface area contributed by atoms with E-state index in [1.54, 1.807) is 0 Å². The highest BCUT2D eigenvalue weighted by Crippen LogP contribution is 2.06. The van der Waals surface area contributed by atoms with E-state index in [1.807, 2.05) is 0 Å². The van der Waals surface area contributed by atoms with Crippen LogP contribution in [0.25, 0.3) is 0 Å². The van der Waals surface area contributed by atoms with Crippen molar-refractivity contribution in [1.82, 2.24) is 0 Å². The Hall–Kier alpha value is -2.05. The minimum Gasteiger partial charge on any atom is -0.477 e. The van der Waals surface area contributed by atoms with Gasteiger partial charge in [-0.05, 0) is 5.16 Å². The second-order valence-electron chi connectivity index (χ2n) is 1.75. The number of hydrogen-bond donors (Lipinski definition) is 2. The Morgan fingerprint density at radius 3 is 2.42 bits per heavy atom. The molecule has 0 aromatic carbocycles. The third kappa shape index (κ3) is 1.34. The van der Waals surface area contributed by atoms with Gasteiger partial charge in [-0.2, -0.15) is 4.99 Å². The second kappa shape index (κ2) is 2.91. The van der Waals surface area contributed by atoms with Gasteiger partial charge in [-0.1, -0.05) is 0 Å². The fraction of sp³-hybridized carbons (Fsp3) is 0. The fourth-order valence-electron chi connectivity index (χ4n) is 0.539. The van der Waals surface area contributed by atoms with Crippen LogP contribution in [0.2, 0.25) is 0 Å². The van der Waals surface area contributed by atoms with E-state index in [1.165, 1.54) is 0 Å². The lowest BCUT2D eigenvalue weighted by Gasteiger charge is -2.05. The third-order valence-electron chi connectivity index (χ3n) is 1.03. The van der Waals surface area contributed by atoms with Crippen molar-refractivity contribution in [3.8, 4) is 0 Å². The molecule has 0 aromatic heterocycles.